The average molecular weight is 236 g/mol. The van der Waals surface area contributed by atoms with E-state index in [-0.39, 0.29) is 0 Å². The van der Waals surface area contributed by atoms with Crippen LogP contribution in [0, 0.1) is 13.8 Å². The van der Waals surface area contributed by atoms with E-state index < -0.39 is 0 Å². The summed E-state index contributed by atoms with van der Waals surface area (Å²) >= 11 is 0. The third kappa shape index (κ3) is 4.30. The third-order valence-corrected chi connectivity index (χ3v) is 2.76. The van der Waals surface area contributed by atoms with Crippen LogP contribution in [0.25, 0.3) is 0 Å². The number of nitrogens with zero attached hydrogens (tertiary/aromatic N) is 3. The van der Waals surface area contributed by atoms with Crippen LogP contribution >= 0.6 is 0 Å². The molecule has 0 aliphatic heterocycles. The molecule has 0 aliphatic carbocycles. The van der Waals surface area contributed by atoms with Gasteiger partial charge in [0.2, 0.25) is 0 Å². The molecule has 1 rings (SSSR count). The zero-order valence-corrected chi connectivity index (χ0v) is 11.7. The van der Waals surface area contributed by atoms with Gasteiger partial charge in [0.05, 0.1) is 0 Å². The van der Waals surface area contributed by atoms with Gasteiger partial charge in [-0.05, 0) is 34.4 Å². The summed E-state index contributed by atoms with van der Waals surface area (Å²) in [6.07, 6.45) is 2.00. The second-order valence-electron chi connectivity index (χ2n) is 4.68. The minimum atomic E-state index is 0.898. The standard InChI is InChI=1S/C13H24N4/c1-6-8-14-13-10(2)11(3)15-12(16-13)7-9-17(4)5/h6-9H2,1-5H3,(H,14,15,16). The van der Waals surface area contributed by atoms with Crippen LogP contribution in [0.1, 0.15) is 30.4 Å². The van der Waals surface area contributed by atoms with Gasteiger partial charge in [-0.1, -0.05) is 6.92 Å². The molecule has 0 fully saturated rings. The van der Waals surface area contributed by atoms with Crippen molar-refractivity contribution in [2.24, 2.45) is 0 Å². The summed E-state index contributed by atoms with van der Waals surface area (Å²) in [6.45, 7) is 8.22. The van der Waals surface area contributed by atoms with Crippen LogP contribution in [0.15, 0.2) is 0 Å². The Kier molecular flexibility index (Phi) is 5.35. The lowest BCUT2D eigenvalue weighted by atomic mass is 10.2. The van der Waals surface area contributed by atoms with Crippen molar-refractivity contribution in [1.29, 1.82) is 0 Å². The number of hydrogen-bond donors (Lipinski definition) is 1. The zero-order chi connectivity index (χ0) is 12.8. The van der Waals surface area contributed by atoms with E-state index in [0.717, 1.165) is 48.8 Å². The maximum atomic E-state index is 4.59. The first-order chi connectivity index (χ1) is 8.04. The monoisotopic (exact) mass is 236 g/mol. The zero-order valence-electron chi connectivity index (χ0n) is 11.7. The van der Waals surface area contributed by atoms with E-state index in [2.05, 4.69) is 48.1 Å². The Labute approximate surface area is 104 Å². The van der Waals surface area contributed by atoms with Gasteiger partial charge in [0.1, 0.15) is 11.6 Å². The minimum Gasteiger partial charge on any atom is -0.370 e. The third-order valence-electron chi connectivity index (χ3n) is 2.76. The van der Waals surface area contributed by atoms with Gasteiger partial charge < -0.3 is 10.2 Å². The van der Waals surface area contributed by atoms with Crippen molar-refractivity contribution in [1.82, 2.24) is 14.9 Å². The number of likely N-dealkylation sites (N-methyl/N-ethyl adjacent to an activating group) is 1. The fourth-order valence-electron chi connectivity index (χ4n) is 1.54. The van der Waals surface area contributed by atoms with Crippen molar-refractivity contribution in [3.8, 4) is 0 Å². The molecule has 0 unspecified atom stereocenters. The number of aryl methyl sites for hydroxylation is 1. The van der Waals surface area contributed by atoms with Gasteiger partial charge >= 0.3 is 0 Å². The summed E-state index contributed by atoms with van der Waals surface area (Å²) in [5, 5.41) is 3.37. The predicted molar refractivity (Wildman–Crippen MR) is 72.5 cm³/mol. The van der Waals surface area contributed by atoms with Crippen LogP contribution in [0.2, 0.25) is 0 Å². The summed E-state index contributed by atoms with van der Waals surface area (Å²) in [4.78, 5) is 11.3. The topological polar surface area (TPSA) is 41.1 Å². The maximum absolute atomic E-state index is 4.59. The van der Waals surface area contributed by atoms with Crippen molar-refractivity contribution in [2.45, 2.75) is 33.6 Å². The molecular weight excluding hydrogens is 212 g/mol. The van der Waals surface area contributed by atoms with Gasteiger partial charge in [0.15, 0.2) is 0 Å². The first kappa shape index (κ1) is 13.9. The second-order valence-corrected chi connectivity index (χ2v) is 4.68. The molecule has 1 N–H and O–H groups in total. The molecule has 1 heterocycles. The summed E-state index contributed by atoms with van der Waals surface area (Å²) in [7, 11) is 4.13. The quantitative estimate of drug-likeness (QED) is 0.820. The largest absolute Gasteiger partial charge is 0.370 e. The normalized spacial score (nSPS) is 10.9. The van der Waals surface area contributed by atoms with Crippen LogP contribution in [0.4, 0.5) is 5.82 Å². The highest BCUT2D eigenvalue weighted by Crippen LogP contribution is 2.15. The van der Waals surface area contributed by atoms with Crippen molar-refractivity contribution >= 4 is 5.82 Å². The van der Waals surface area contributed by atoms with Crippen molar-refractivity contribution in [3.05, 3.63) is 17.1 Å². The maximum Gasteiger partial charge on any atom is 0.132 e. The molecule has 1 aromatic heterocycles. The molecule has 0 amide bonds. The summed E-state index contributed by atoms with van der Waals surface area (Å²) in [5.41, 5.74) is 2.24. The van der Waals surface area contributed by atoms with E-state index in [9.17, 15) is 0 Å². The lowest BCUT2D eigenvalue weighted by Gasteiger charge is -2.13. The van der Waals surface area contributed by atoms with E-state index in [1.165, 1.54) is 0 Å². The predicted octanol–water partition coefficient (Wildman–Crippen LogP) is 2.02. The molecule has 4 nitrogen and oxygen atoms in total. The molecule has 0 aliphatic rings. The van der Waals surface area contributed by atoms with Gasteiger partial charge in [-0.15, -0.1) is 0 Å². The molecule has 0 bridgehead atoms. The smallest absolute Gasteiger partial charge is 0.132 e. The average Bonchev–Trinajstić information content (AvgIpc) is 2.28. The Morgan fingerprint density at radius 1 is 1.18 bits per heavy atom. The van der Waals surface area contributed by atoms with Crippen LogP contribution < -0.4 is 5.32 Å². The SMILES string of the molecule is CCCNc1nc(CCN(C)C)nc(C)c1C. The fraction of sp³-hybridized carbons (Fsp3) is 0.692. The molecular formula is C13H24N4. The van der Waals surface area contributed by atoms with E-state index in [1.807, 2.05) is 6.92 Å². The van der Waals surface area contributed by atoms with Gasteiger partial charge in [-0.2, -0.15) is 0 Å². The van der Waals surface area contributed by atoms with Gasteiger partial charge in [0, 0.05) is 30.8 Å². The van der Waals surface area contributed by atoms with Gasteiger partial charge in [-0.3, -0.25) is 0 Å². The van der Waals surface area contributed by atoms with Gasteiger partial charge in [0.25, 0.3) is 0 Å². The minimum absolute atomic E-state index is 0.898. The van der Waals surface area contributed by atoms with Crippen LogP contribution in [0.5, 0.6) is 0 Å². The Morgan fingerprint density at radius 3 is 2.47 bits per heavy atom. The molecule has 96 valence electrons. The molecule has 1 aromatic rings. The van der Waals surface area contributed by atoms with Crippen LogP contribution in [-0.4, -0.2) is 42.1 Å². The van der Waals surface area contributed by atoms with Crippen molar-refractivity contribution in [3.63, 3.8) is 0 Å². The van der Waals surface area contributed by atoms with Crippen molar-refractivity contribution < 1.29 is 0 Å². The first-order valence-corrected chi connectivity index (χ1v) is 6.27. The summed E-state index contributed by atoms with van der Waals surface area (Å²) < 4.78 is 0. The first-order valence-electron chi connectivity index (χ1n) is 6.27. The number of nitrogens with one attached hydrogen (secondary N) is 1. The van der Waals surface area contributed by atoms with Crippen molar-refractivity contribution in [2.75, 3.05) is 32.5 Å². The molecule has 4 heteroatoms. The number of aromatic nitrogens is 2. The molecule has 0 atom stereocenters. The van der Waals surface area contributed by atoms with E-state index in [0.29, 0.717) is 0 Å². The highest BCUT2D eigenvalue weighted by atomic mass is 15.1. The molecule has 0 radical (unpaired) electrons. The van der Waals surface area contributed by atoms with Crippen LogP contribution in [-0.2, 0) is 6.42 Å². The second kappa shape index (κ2) is 6.55. The molecule has 0 saturated heterocycles. The highest BCUT2D eigenvalue weighted by molar-refractivity contribution is 5.45. The van der Waals surface area contributed by atoms with Gasteiger partial charge in [-0.25, -0.2) is 9.97 Å². The Balaban J connectivity index is 2.81. The summed E-state index contributed by atoms with van der Waals surface area (Å²) in [5.74, 6) is 1.92. The number of rotatable bonds is 6. The van der Waals surface area contributed by atoms with E-state index in [4.69, 9.17) is 0 Å². The summed E-state index contributed by atoms with van der Waals surface area (Å²) in [6, 6.07) is 0. The molecule has 0 spiro atoms. The Hall–Kier alpha value is -1.16. The highest BCUT2D eigenvalue weighted by Gasteiger charge is 2.07. The number of hydrogen-bond acceptors (Lipinski definition) is 4. The van der Waals surface area contributed by atoms with E-state index in [1.54, 1.807) is 0 Å². The lowest BCUT2D eigenvalue weighted by molar-refractivity contribution is 0.409. The fourth-order valence-corrected chi connectivity index (χ4v) is 1.54. The van der Waals surface area contributed by atoms with Crippen LogP contribution in [0.3, 0.4) is 0 Å². The lowest BCUT2D eigenvalue weighted by Crippen LogP contribution is -2.17. The Bertz CT molecular complexity index is 361. The molecule has 17 heavy (non-hydrogen) atoms. The Morgan fingerprint density at radius 2 is 1.88 bits per heavy atom. The number of anilines is 1. The van der Waals surface area contributed by atoms with E-state index >= 15 is 0 Å². The molecule has 0 aromatic carbocycles. The molecule has 0 saturated carbocycles.